The van der Waals surface area contributed by atoms with Gasteiger partial charge in [-0.15, -0.1) is 0 Å². The van der Waals surface area contributed by atoms with Crippen molar-refractivity contribution >= 4 is 11.9 Å². The molecule has 1 aromatic rings. The van der Waals surface area contributed by atoms with Crippen LogP contribution in [0.4, 0.5) is 18.0 Å². The molecular weight excluding hydrogens is 313 g/mol. The van der Waals surface area contributed by atoms with E-state index in [9.17, 15) is 22.8 Å². The Kier molecular flexibility index (Phi) is 3.97. The van der Waals surface area contributed by atoms with E-state index in [2.05, 4.69) is 10.3 Å². The number of piperazine rings is 1. The SMILES string of the molecule is O=C1C2[C@@H](Cc3ccccn3)NCCN2C(=O)N1CC(F)(F)F. The van der Waals surface area contributed by atoms with Gasteiger partial charge in [0.2, 0.25) is 0 Å². The predicted octanol–water partition coefficient (Wildman–Crippen LogP) is 0.791. The lowest BCUT2D eigenvalue weighted by atomic mass is 9.99. The van der Waals surface area contributed by atoms with Crippen molar-refractivity contribution in [3.05, 3.63) is 30.1 Å². The van der Waals surface area contributed by atoms with E-state index in [1.807, 2.05) is 0 Å². The molecule has 2 fully saturated rings. The number of rotatable bonds is 3. The molecule has 9 heteroatoms. The summed E-state index contributed by atoms with van der Waals surface area (Å²) >= 11 is 0. The van der Waals surface area contributed by atoms with Crippen molar-refractivity contribution in [1.29, 1.82) is 0 Å². The Balaban J connectivity index is 1.80. The van der Waals surface area contributed by atoms with Gasteiger partial charge in [0.1, 0.15) is 12.6 Å². The Bertz CT molecular complexity index is 608. The van der Waals surface area contributed by atoms with Crippen molar-refractivity contribution in [1.82, 2.24) is 20.1 Å². The number of halogens is 3. The number of nitrogens with zero attached hydrogens (tertiary/aromatic N) is 3. The lowest BCUT2D eigenvalue weighted by Gasteiger charge is -2.34. The summed E-state index contributed by atoms with van der Waals surface area (Å²) in [7, 11) is 0. The van der Waals surface area contributed by atoms with Crippen LogP contribution in [0.3, 0.4) is 0 Å². The van der Waals surface area contributed by atoms with Gasteiger partial charge in [-0.25, -0.2) is 4.79 Å². The molecule has 1 unspecified atom stereocenters. The highest BCUT2D eigenvalue weighted by Crippen LogP contribution is 2.27. The zero-order valence-electron chi connectivity index (χ0n) is 12.1. The quantitative estimate of drug-likeness (QED) is 0.833. The van der Waals surface area contributed by atoms with E-state index in [-0.39, 0.29) is 6.54 Å². The van der Waals surface area contributed by atoms with Gasteiger partial charge in [-0.05, 0) is 12.1 Å². The van der Waals surface area contributed by atoms with Gasteiger partial charge in [0, 0.05) is 37.4 Å². The van der Waals surface area contributed by atoms with Crippen LogP contribution in [0.1, 0.15) is 5.69 Å². The number of amides is 3. The third-order valence-electron chi connectivity index (χ3n) is 3.96. The molecule has 0 aromatic carbocycles. The summed E-state index contributed by atoms with van der Waals surface area (Å²) in [6.45, 7) is -0.914. The molecule has 0 bridgehead atoms. The summed E-state index contributed by atoms with van der Waals surface area (Å²) in [5.74, 6) is -0.805. The van der Waals surface area contributed by atoms with E-state index < -0.39 is 36.7 Å². The summed E-state index contributed by atoms with van der Waals surface area (Å²) in [5, 5.41) is 3.11. The Morgan fingerprint density at radius 3 is 2.74 bits per heavy atom. The molecule has 1 N–H and O–H groups in total. The monoisotopic (exact) mass is 328 g/mol. The zero-order valence-corrected chi connectivity index (χ0v) is 12.1. The van der Waals surface area contributed by atoms with Crippen molar-refractivity contribution in [3.8, 4) is 0 Å². The van der Waals surface area contributed by atoms with Gasteiger partial charge in [-0.3, -0.25) is 14.7 Å². The van der Waals surface area contributed by atoms with E-state index in [0.717, 1.165) is 0 Å². The maximum atomic E-state index is 12.6. The van der Waals surface area contributed by atoms with Gasteiger partial charge in [0.25, 0.3) is 5.91 Å². The van der Waals surface area contributed by atoms with Gasteiger partial charge < -0.3 is 10.2 Å². The molecule has 0 radical (unpaired) electrons. The van der Waals surface area contributed by atoms with E-state index in [0.29, 0.717) is 23.6 Å². The molecule has 2 aliphatic heterocycles. The molecule has 0 spiro atoms. The number of imide groups is 1. The fraction of sp³-hybridized carbons (Fsp3) is 0.500. The first-order valence-corrected chi connectivity index (χ1v) is 7.19. The van der Waals surface area contributed by atoms with E-state index in [1.54, 1.807) is 24.4 Å². The maximum Gasteiger partial charge on any atom is 0.406 e. The molecule has 2 atom stereocenters. The number of pyridine rings is 1. The van der Waals surface area contributed by atoms with Crippen LogP contribution in [0.15, 0.2) is 24.4 Å². The molecule has 3 rings (SSSR count). The van der Waals surface area contributed by atoms with Crippen molar-refractivity contribution < 1.29 is 22.8 Å². The highest BCUT2D eigenvalue weighted by Gasteiger charge is 2.52. The Labute approximate surface area is 130 Å². The summed E-state index contributed by atoms with van der Waals surface area (Å²) < 4.78 is 37.8. The minimum atomic E-state index is -4.61. The van der Waals surface area contributed by atoms with Gasteiger partial charge in [-0.2, -0.15) is 13.2 Å². The predicted molar refractivity (Wildman–Crippen MR) is 73.4 cm³/mol. The molecule has 2 aliphatic rings. The second kappa shape index (κ2) is 5.80. The largest absolute Gasteiger partial charge is 0.406 e. The molecule has 6 nitrogen and oxygen atoms in total. The van der Waals surface area contributed by atoms with Gasteiger partial charge in [0.05, 0.1) is 0 Å². The molecule has 1 aromatic heterocycles. The third kappa shape index (κ3) is 3.14. The highest BCUT2D eigenvalue weighted by atomic mass is 19.4. The van der Waals surface area contributed by atoms with Crippen molar-refractivity contribution in [2.75, 3.05) is 19.6 Å². The number of hydrogen-bond donors (Lipinski definition) is 1. The molecule has 3 amide bonds. The fourth-order valence-electron chi connectivity index (χ4n) is 3.02. The smallest absolute Gasteiger partial charge is 0.309 e. The number of fused-ring (bicyclic) bond motifs is 1. The number of aromatic nitrogens is 1. The molecule has 3 heterocycles. The van der Waals surface area contributed by atoms with Crippen LogP contribution in [0.5, 0.6) is 0 Å². The van der Waals surface area contributed by atoms with Gasteiger partial charge in [-0.1, -0.05) is 6.07 Å². The Morgan fingerprint density at radius 1 is 1.30 bits per heavy atom. The van der Waals surface area contributed by atoms with Crippen LogP contribution in [-0.2, 0) is 11.2 Å². The van der Waals surface area contributed by atoms with E-state index in [4.69, 9.17) is 0 Å². The fourth-order valence-corrected chi connectivity index (χ4v) is 3.02. The van der Waals surface area contributed by atoms with Crippen LogP contribution < -0.4 is 5.32 Å². The number of carbonyl (C=O) groups is 2. The number of urea groups is 1. The molecular formula is C14H15F3N4O2. The van der Waals surface area contributed by atoms with E-state index in [1.165, 1.54) is 4.90 Å². The second-order valence-corrected chi connectivity index (χ2v) is 5.55. The normalized spacial score (nSPS) is 25.0. The first-order valence-electron chi connectivity index (χ1n) is 7.19. The zero-order chi connectivity index (χ0) is 16.6. The van der Waals surface area contributed by atoms with Crippen LogP contribution >= 0.6 is 0 Å². The maximum absolute atomic E-state index is 12.6. The standard InChI is InChI=1S/C14H15F3N4O2/c15-14(16,17)8-21-12(22)11-10(7-9-3-1-2-4-18-9)19-5-6-20(11)13(21)23/h1-4,10-11,19H,5-8H2/t10-,11?/m1/s1. The third-order valence-corrected chi connectivity index (χ3v) is 3.96. The lowest BCUT2D eigenvalue weighted by Crippen LogP contribution is -2.58. The topological polar surface area (TPSA) is 65.5 Å². The summed E-state index contributed by atoms with van der Waals surface area (Å²) in [4.78, 5) is 30.1. The molecule has 23 heavy (non-hydrogen) atoms. The van der Waals surface area contributed by atoms with Crippen molar-refractivity contribution in [2.24, 2.45) is 0 Å². The second-order valence-electron chi connectivity index (χ2n) is 5.55. The highest BCUT2D eigenvalue weighted by molar-refractivity contribution is 6.04. The average Bonchev–Trinajstić information content (AvgIpc) is 2.73. The summed E-state index contributed by atoms with van der Waals surface area (Å²) in [6.07, 6.45) is -2.64. The Morgan fingerprint density at radius 2 is 2.09 bits per heavy atom. The molecule has 0 aliphatic carbocycles. The van der Waals surface area contributed by atoms with E-state index >= 15 is 0 Å². The lowest BCUT2D eigenvalue weighted by molar-refractivity contribution is -0.153. The summed E-state index contributed by atoms with van der Waals surface area (Å²) in [6, 6.07) is 3.08. The first kappa shape index (κ1) is 15.7. The molecule has 2 saturated heterocycles. The van der Waals surface area contributed by atoms with Crippen molar-refractivity contribution in [3.63, 3.8) is 0 Å². The Hall–Kier alpha value is -2.16. The summed E-state index contributed by atoms with van der Waals surface area (Å²) in [5.41, 5.74) is 0.710. The van der Waals surface area contributed by atoms with Crippen LogP contribution in [0.25, 0.3) is 0 Å². The number of alkyl halides is 3. The number of hydrogen-bond acceptors (Lipinski definition) is 4. The minimum absolute atomic E-state index is 0.211. The molecule has 124 valence electrons. The molecule has 0 saturated carbocycles. The van der Waals surface area contributed by atoms with Crippen LogP contribution in [-0.4, -0.2) is 64.6 Å². The van der Waals surface area contributed by atoms with Gasteiger partial charge >= 0.3 is 12.2 Å². The van der Waals surface area contributed by atoms with Crippen LogP contribution in [0, 0.1) is 0 Å². The van der Waals surface area contributed by atoms with Crippen molar-refractivity contribution in [2.45, 2.75) is 24.7 Å². The first-order chi connectivity index (χ1) is 10.9. The van der Waals surface area contributed by atoms with Gasteiger partial charge in [0.15, 0.2) is 0 Å². The van der Waals surface area contributed by atoms with Crippen LogP contribution in [0.2, 0.25) is 0 Å². The average molecular weight is 328 g/mol. The minimum Gasteiger partial charge on any atom is -0.309 e. The number of nitrogens with one attached hydrogen (secondary N) is 1. The number of carbonyl (C=O) groups excluding carboxylic acids is 2.